The van der Waals surface area contributed by atoms with Crippen molar-refractivity contribution in [1.82, 2.24) is 10.2 Å². The minimum Gasteiger partial charge on any atom is -0.342 e. The van der Waals surface area contributed by atoms with E-state index in [0.29, 0.717) is 0 Å². The van der Waals surface area contributed by atoms with Crippen LogP contribution < -0.4 is 11.1 Å². The Labute approximate surface area is 106 Å². The number of nitrogens with one attached hydrogen (secondary N) is 1. The van der Waals surface area contributed by atoms with Gasteiger partial charge >= 0.3 is 0 Å². The Morgan fingerprint density at radius 2 is 1.94 bits per heavy atom. The molecule has 98 valence electrons. The van der Waals surface area contributed by atoms with Crippen molar-refractivity contribution in [3.8, 4) is 0 Å². The van der Waals surface area contributed by atoms with Crippen LogP contribution >= 0.6 is 12.4 Å². The van der Waals surface area contributed by atoms with Gasteiger partial charge in [0, 0.05) is 6.04 Å². The van der Waals surface area contributed by atoms with Crippen LogP contribution in [-0.2, 0) is 14.4 Å². The van der Waals surface area contributed by atoms with Gasteiger partial charge in [0.2, 0.25) is 11.8 Å². The summed E-state index contributed by atoms with van der Waals surface area (Å²) in [6, 6.07) is -1.62. The molecule has 0 aromatic carbocycles. The molecule has 1 unspecified atom stereocenters. The fourth-order valence-corrected chi connectivity index (χ4v) is 1.61. The SMILES string of the molecule is CC(C)N1C(=O)CC(NC(=O)[C@@H](C)N)C1=O.Cl. The molecule has 3 N–H and O–H groups in total. The molecule has 0 aromatic rings. The first-order valence-electron chi connectivity index (χ1n) is 5.26. The Kier molecular flexibility index (Phi) is 5.57. The first-order valence-corrected chi connectivity index (χ1v) is 5.26. The van der Waals surface area contributed by atoms with Gasteiger partial charge in [-0.15, -0.1) is 12.4 Å². The van der Waals surface area contributed by atoms with Crippen molar-refractivity contribution in [3.63, 3.8) is 0 Å². The number of amides is 3. The van der Waals surface area contributed by atoms with Gasteiger partial charge in [-0.25, -0.2) is 0 Å². The second-order valence-corrected chi connectivity index (χ2v) is 4.25. The Balaban J connectivity index is 0.00000256. The molecule has 2 atom stereocenters. The van der Waals surface area contributed by atoms with E-state index in [1.807, 2.05) is 0 Å². The van der Waals surface area contributed by atoms with Gasteiger partial charge in [0.15, 0.2) is 0 Å². The summed E-state index contributed by atoms with van der Waals surface area (Å²) < 4.78 is 0. The normalized spacial score (nSPS) is 21.5. The van der Waals surface area contributed by atoms with E-state index in [9.17, 15) is 14.4 Å². The summed E-state index contributed by atoms with van der Waals surface area (Å²) in [5.41, 5.74) is 5.37. The van der Waals surface area contributed by atoms with Crippen molar-refractivity contribution in [2.24, 2.45) is 5.73 Å². The molecule has 0 spiro atoms. The number of nitrogens with two attached hydrogens (primary N) is 1. The molecule has 1 aliphatic heterocycles. The Morgan fingerprint density at radius 1 is 1.41 bits per heavy atom. The Morgan fingerprint density at radius 3 is 2.29 bits per heavy atom. The van der Waals surface area contributed by atoms with E-state index in [4.69, 9.17) is 5.73 Å². The highest BCUT2D eigenvalue weighted by Crippen LogP contribution is 2.16. The van der Waals surface area contributed by atoms with Gasteiger partial charge in [0.05, 0.1) is 12.5 Å². The summed E-state index contributed by atoms with van der Waals surface area (Å²) in [6.45, 7) is 5.04. The van der Waals surface area contributed by atoms with Gasteiger partial charge in [-0.3, -0.25) is 19.3 Å². The van der Waals surface area contributed by atoms with Crippen LogP contribution in [0.1, 0.15) is 27.2 Å². The molecule has 0 bridgehead atoms. The number of carbonyl (C=O) groups is 3. The molecule has 0 aliphatic carbocycles. The van der Waals surface area contributed by atoms with E-state index in [-0.39, 0.29) is 36.7 Å². The zero-order valence-corrected chi connectivity index (χ0v) is 10.9. The van der Waals surface area contributed by atoms with Gasteiger partial charge in [0.1, 0.15) is 6.04 Å². The van der Waals surface area contributed by atoms with Crippen LogP contribution in [0.2, 0.25) is 0 Å². The molecule has 17 heavy (non-hydrogen) atoms. The van der Waals surface area contributed by atoms with Crippen LogP contribution in [0.15, 0.2) is 0 Å². The lowest BCUT2D eigenvalue weighted by atomic mass is 10.2. The predicted molar refractivity (Wildman–Crippen MR) is 64.4 cm³/mol. The van der Waals surface area contributed by atoms with Crippen LogP contribution in [0.4, 0.5) is 0 Å². The largest absolute Gasteiger partial charge is 0.342 e. The highest BCUT2D eigenvalue weighted by Gasteiger charge is 2.40. The van der Waals surface area contributed by atoms with Crippen molar-refractivity contribution in [1.29, 1.82) is 0 Å². The lowest BCUT2D eigenvalue weighted by molar-refractivity contribution is -0.141. The van der Waals surface area contributed by atoms with Crippen molar-refractivity contribution in [2.45, 2.75) is 45.3 Å². The lowest BCUT2D eigenvalue weighted by Gasteiger charge is -2.19. The number of nitrogens with zero attached hydrogens (tertiary/aromatic N) is 1. The van der Waals surface area contributed by atoms with Crippen LogP contribution in [0.5, 0.6) is 0 Å². The molecular formula is C10H18ClN3O3. The molecular weight excluding hydrogens is 246 g/mol. The number of halogens is 1. The molecule has 1 fully saturated rings. The number of hydrogen-bond acceptors (Lipinski definition) is 4. The Hall–Kier alpha value is -1.14. The Bertz CT molecular complexity index is 331. The smallest absolute Gasteiger partial charge is 0.252 e. The van der Waals surface area contributed by atoms with E-state index >= 15 is 0 Å². The van der Waals surface area contributed by atoms with Crippen LogP contribution in [-0.4, -0.2) is 40.7 Å². The van der Waals surface area contributed by atoms with Crippen LogP contribution in [0.25, 0.3) is 0 Å². The third-order valence-corrected chi connectivity index (χ3v) is 2.43. The average Bonchev–Trinajstić information content (AvgIpc) is 2.41. The topological polar surface area (TPSA) is 92.5 Å². The maximum absolute atomic E-state index is 11.8. The summed E-state index contributed by atoms with van der Waals surface area (Å²) >= 11 is 0. The first kappa shape index (κ1) is 15.9. The molecule has 1 saturated heterocycles. The summed E-state index contributed by atoms with van der Waals surface area (Å²) in [5, 5.41) is 2.47. The maximum atomic E-state index is 11.8. The second kappa shape index (κ2) is 5.97. The molecule has 1 aliphatic rings. The van der Waals surface area contributed by atoms with Gasteiger partial charge in [-0.2, -0.15) is 0 Å². The highest BCUT2D eigenvalue weighted by molar-refractivity contribution is 6.07. The van der Waals surface area contributed by atoms with Crippen molar-refractivity contribution in [3.05, 3.63) is 0 Å². The van der Waals surface area contributed by atoms with Crippen LogP contribution in [0.3, 0.4) is 0 Å². The molecule has 3 amide bonds. The number of rotatable bonds is 3. The van der Waals surface area contributed by atoms with E-state index in [2.05, 4.69) is 5.32 Å². The highest BCUT2D eigenvalue weighted by atomic mass is 35.5. The van der Waals surface area contributed by atoms with Gasteiger partial charge in [-0.05, 0) is 20.8 Å². The fourth-order valence-electron chi connectivity index (χ4n) is 1.61. The second-order valence-electron chi connectivity index (χ2n) is 4.25. The van der Waals surface area contributed by atoms with Gasteiger partial charge < -0.3 is 11.1 Å². The number of likely N-dealkylation sites (tertiary alicyclic amines) is 1. The van der Waals surface area contributed by atoms with E-state index < -0.39 is 18.0 Å². The number of carbonyl (C=O) groups excluding carboxylic acids is 3. The molecule has 6 nitrogen and oxygen atoms in total. The van der Waals surface area contributed by atoms with Crippen molar-refractivity contribution >= 4 is 30.1 Å². The molecule has 1 heterocycles. The van der Waals surface area contributed by atoms with Crippen LogP contribution in [0, 0.1) is 0 Å². The predicted octanol–water partition coefficient (Wildman–Crippen LogP) is -0.592. The zero-order chi connectivity index (χ0) is 12.5. The summed E-state index contributed by atoms with van der Waals surface area (Å²) in [5.74, 6) is -1.03. The molecule has 0 saturated carbocycles. The van der Waals surface area contributed by atoms with E-state index in [1.165, 1.54) is 11.8 Å². The van der Waals surface area contributed by atoms with Crippen molar-refractivity contribution in [2.75, 3.05) is 0 Å². The standard InChI is InChI=1S/C10H17N3O3.ClH/c1-5(2)13-8(14)4-7(10(13)16)12-9(15)6(3)11;/h5-7H,4,11H2,1-3H3,(H,12,15);1H/t6-,7?;/m1./s1. The third kappa shape index (κ3) is 3.41. The molecule has 0 aromatic heterocycles. The third-order valence-electron chi connectivity index (χ3n) is 2.43. The van der Waals surface area contributed by atoms with Crippen molar-refractivity contribution < 1.29 is 14.4 Å². The zero-order valence-electron chi connectivity index (χ0n) is 10.1. The minimum absolute atomic E-state index is 0. The summed E-state index contributed by atoms with van der Waals surface area (Å²) in [4.78, 5) is 35.8. The van der Waals surface area contributed by atoms with Gasteiger partial charge in [0.25, 0.3) is 5.91 Å². The number of hydrogen-bond donors (Lipinski definition) is 2. The molecule has 1 rings (SSSR count). The minimum atomic E-state index is -0.756. The monoisotopic (exact) mass is 263 g/mol. The van der Waals surface area contributed by atoms with E-state index in [1.54, 1.807) is 13.8 Å². The lowest BCUT2D eigenvalue weighted by Crippen LogP contribution is -2.48. The molecule has 0 radical (unpaired) electrons. The first-order chi connectivity index (χ1) is 7.34. The summed E-state index contributed by atoms with van der Waals surface area (Å²) in [6.07, 6.45) is 0.0233. The average molecular weight is 264 g/mol. The molecule has 7 heteroatoms. The fraction of sp³-hybridized carbons (Fsp3) is 0.700. The van der Waals surface area contributed by atoms with E-state index in [0.717, 1.165) is 0 Å². The quantitative estimate of drug-likeness (QED) is 0.666. The summed E-state index contributed by atoms with van der Waals surface area (Å²) in [7, 11) is 0. The number of imide groups is 1. The maximum Gasteiger partial charge on any atom is 0.252 e. The van der Waals surface area contributed by atoms with Gasteiger partial charge in [-0.1, -0.05) is 0 Å².